The standard InChI is InChI=1S/C25H30FN3O2/c1-3-29(4-2)20(16-19-10-6-5-7-11-19)17-27-24(30)14-15-25-28-18-23(31-25)21-12-8-9-13-22(21)26/h5-13,18,20H,3-4,14-17H2,1-2H3,(H,27,30). The number of aromatic nitrogens is 1. The second-order valence-corrected chi connectivity index (χ2v) is 7.47. The molecule has 164 valence electrons. The highest BCUT2D eigenvalue weighted by molar-refractivity contribution is 5.76. The van der Waals surface area contributed by atoms with Crippen molar-refractivity contribution in [2.24, 2.45) is 0 Å². The lowest BCUT2D eigenvalue weighted by molar-refractivity contribution is -0.121. The van der Waals surface area contributed by atoms with Crippen molar-refractivity contribution in [1.82, 2.24) is 15.2 Å². The largest absolute Gasteiger partial charge is 0.441 e. The minimum atomic E-state index is -0.358. The van der Waals surface area contributed by atoms with Crippen LogP contribution < -0.4 is 5.32 Å². The van der Waals surface area contributed by atoms with E-state index in [0.717, 1.165) is 19.5 Å². The Morgan fingerprint density at radius 3 is 2.52 bits per heavy atom. The van der Waals surface area contributed by atoms with E-state index in [9.17, 15) is 9.18 Å². The van der Waals surface area contributed by atoms with Crippen molar-refractivity contribution in [2.45, 2.75) is 39.2 Å². The van der Waals surface area contributed by atoms with E-state index in [-0.39, 0.29) is 24.2 Å². The van der Waals surface area contributed by atoms with Crippen molar-refractivity contribution in [3.63, 3.8) is 0 Å². The molecule has 2 aromatic carbocycles. The van der Waals surface area contributed by atoms with Gasteiger partial charge < -0.3 is 9.73 Å². The molecule has 5 nitrogen and oxygen atoms in total. The Hall–Kier alpha value is -2.99. The molecule has 1 atom stereocenters. The summed E-state index contributed by atoms with van der Waals surface area (Å²) in [6, 6.07) is 17.0. The Kier molecular flexibility index (Phi) is 8.35. The molecule has 1 amide bonds. The number of likely N-dealkylation sites (N-methyl/N-ethyl adjacent to an activating group) is 1. The van der Waals surface area contributed by atoms with Gasteiger partial charge in [-0.25, -0.2) is 9.37 Å². The zero-order valence-corrected chi connectivity index (χ0v) is 18.2. The number of nitrogens with zero attached hydrogens (tertiary/aromatic N) is 2. The maximum atomic E-state index is 13.9. The average Bonchev–Trinajstić information content (AvgIpc) is 3.26. The molecule has 0 aliphatic heterocycles. The van der Waals surface area contributed by atoms with Crippen LogP contribution >= 0.6 is 0 Å². The number of hydrogen-bond acceptors (Lipinski definition) is 4. The van der Waals surface area contributed by atoms with E-state index in [4.69, 9.17) is 4.42 Å². The summed E-state index contributed by atoms with van der Waals surface area (Å²) in [4.78, 5) is 19.0. The van der Waals surface area contributed by atoms with E-state index in [1.807, 2.05) is 18.2 Å². The summed E-state index contributed by atoms with van der Waals surface area (Å²) < 4.78 is 19.5. The maximum absolute atomic E-state index is 13.9. The summed E-state index contributed by atoms with van der Waals surface area (Å²) in [5.74, 6) is 0.399. The van der Waals surface area contributed by atoms with Gasteiger partial charge in [0, 0.05) is 25.4 Å². The van der Waals surface area contributed by atoms with Crippen LogP contribution in [0, 0.1) is 5.82 Å². The van der Waals surface area contributed by atoms with Crippen molar-refractivity contribution < 1.29 is 13.6 Å². The molecule has 3 rings (SSSR count). The van der Waals surface area contributed by atoms with Crippen molar-refractivity contribution in [1.29, 1.82) is 0 Å². The average molecular weight is 424 g/mol. The number of amides is 1. The van der Waals surface area contributed by atoms with E-state index in [0.29, 0.717) is 30.2 Å². The molecule has 0 bridgehead atoms. The van der Waals surface area contributed by atoms with Gasteiger partial charge in [-0.3, -0.25) is 9.69 Å². The first kappa shape index (κ1) is 22.7. The molecule has 1 heterocycles. The van der Waals surface area contributed by atoms with Gasteiger partial charge in [0.25, 0.3) is 0 Å². The third-order valence-corrected chi connectivity index (χ3v) is 5.44. The molecule has 0 spiro atoms. The first-order valence-corrected chi connectivity index (χ1v) is 10.8. The number of benzene rings is 2. The zero-order chi connectivity index (χ0) is 22.1. The summed E-state index contributed by atoms with van der Waals surface area (Å²) >= 11 is 0. The van der Waals surface area contributed by atoms with Crippen LogP contribution in [0.2, 0.25) is 0 Å². The number of hydrogen-bond donors (Lipinski definition) is 1. The number of rotatable bonds is 11. The Bertz CT molecular complexity index is 954. The topological polar surface area (TPSA) is 58.4 Å². The minimum Gasteiger partial charge on any atom is -0.441 e. The molecule has 0 saturated carbocycles. The van der Waals surface area contributed by atoms with Crippen LogP contribution in [0.1, 0.15) is 31.7 Å². The lowest BCUT2D eigenvalue weighted by Crippen LogP contribution is -2.45. The van der Waals surface area contributed by atoms with Crippen molar-refractivity contribution >= 4 is 5.91 Å². The van der Waals surface area contributed by atoms with Gasteiger partial charge >= 0.3 is 0 Å². The van der Waals surface area contributed by atoms with Crippen LogP contribution in [0.15, 0.2) is 65.2 Å². The second-order valence-electron chi connectivity index (χ2n) is 7.47. The Morgan fingerprint density at radius 2 is 1.81 bits per heavy atom. The quantitative estimate of drug-likeness (QED) is 0.494. The lowest BCUT2D eigenvalue weighted by atomic mass is 10.0. The fourth-order valence-electron chi connectivity index (χ4n) is 3.71. The zero-order valence-electron chi connectivity index (χ0n) is 18.2. The molecule has 1 aromatic heterocycles. The van der Waals surface area contributed by atoms with Crippen LogP contribution in [0.3, 0.4) is 0 Å². The third-order valence-electron chi connectivity index (χ3n) is 5.44. The SMILES string of the molecule is CCN(CC)C(CNC(=O)CCc1ncc(-c2ccccc2F)o1)Cc1ccccc1. The summed E-state index contributed by atoms with van der Waals surface area (Å²) in [5, 5.41) is 3.06. The molecule has 0 radical (unpaired) electrons. The van der Waals surface area contributed by atoms with E-state index in [1.165, 1.54) is 17.8 Å². The van der Waals surface area contributed by atoms with E-state index in [2.05, 4.69) is 41.2 Å². The fraction of sp³-hybridized carbons (Fsp3) is 0.360. The number of halogens is 1. The van der Waals surface area contributed by atoms with E-state index in [1.54, 1.807) is 18.2 Å². The van der Waals surface area contributed by atoms with Gasteiger partial charge in [0.15, 0.2) is 11.7 Å². The Morgan fingerprint density at radius 1 is 1.10 bits per heavy atom. The summed E-state index contributed by atoms with van der Waals surface area (Å²) in [6.07, 6.45) is 3.03. The summed E-state index contributed by atoms with van der Waals surface area (Å²) in [5.41, 5.74) is 1.63. The normalized spacial score (nSPS) is 12.1. The molecule has 6 heteroatoms. The number of aryl methyl sites for hydroxylation is 1. The van der Waals surface area contributed by atoms with Gasteiger partial charge in [0.2, 0.25) is 5.91 Å². The van der Waals surface area contributed by atoms with Gasteiger partial charge in [0.1, 0.15) is 5.82 Å². The Balaban J connectivity index is 1.53. The molecule has 31 heavy (non-hydrogen) atoms. The first-order chi connectivity index (χ1) is 15.1. The van der Waals surface area contributed by atoms with E-state index >= 15 is 0 Å². The van der Waals surface area contributed by atoms with Crippen molar-refractivity contribution in [2.75, 3.05) is 19.6 Å². The molecule has 1 N–H and O–H groups in total. The van der Waals surface area contributed by atoms with Crippen LogP contribution in [0.5, 0.6) is 0 Å². The van der Waals surface area contributed by atoms with Gasteiger partial charge in [-0.2, -0.15) is 0 Å². The van der Waals surface area contributed by atoms with Crippen molar-refractivity contribution in [3.8, 4) is 11.3 Å². The van der Waals surface area contributed by atoms with Crippen LogP contribution in [0.4, 0.5) is 4.39 Å². The fourth-order valence-corrected chi connectivity index (χ4v) is 3.71. The van der Waals surface area contributed by atoms with Gasteiger partial charge in [-0.1, -0.05) is 56.3 Å². The highest BCUT2D eigenvalue weighted by Crippen LogP contribution is 2.23. The number of oxazole rings is 1. The molecular formula is C25H30FN3O2. The van der Waals surface area contributed by atoms with Crippen LogP contribution in [-0.4, -0.2) is 41.5 Å². The molecule has 1 unspecified atom stereocenters. The number of carbonyl (C=O) groups excluding carboxylic acids is 1. The second kappa shape index (κ2) is 11.4. The highest BCUT2D eigenvalue weighted by atomic mass is 19.1. The van der Waals surface area contributed by atoms with Crippen LogP contribution in [-0.2, 0) is 17.6 Å². The molecular weight excluding hydrogens is 393 g/mol. The minimum absolute atomic E-state index is 0.0455. The third kappa shape index (κ3) is 6.49. The molecule has 0 saturated heterocycles. The lowest BCUT2D eigenvalue weighted by Gasteiger charge is -2.30. The molecule has 0 aliphatic carbocycles. The smallest absolute Gasteiger partial charge is 0.220 e. The summed E-state index contributed by atoms with van der Waals surface area (Å²) in [6.45, 7) is 6.72. The van der Waals surface area contributed by atoms with Crippen molar-refractivity contribution in [3.05, 3.63) is 78.1 Å². The Labute approximate surface area is 183 Å². The maximum Gasteiger partial charge on any atom is 0.220 e. The van der Waals surface area contributed by atoms with Gasteiger partial charge in [-0.05, 0) is 37.2 Å². The molecule has 3 aromatic rings. The molecule has 0 fully saturated rings. The van der Waals surface area contributed by atoms with E-state index < -0.39 is 0 Å². The predicted molar refractivity (Wildman–Crippen MR) is 120 cm³/mol. The summed E-state index contributed by atoms with van der Waals surface area (Å²) in [7, 11) is 0. The van der Waals surface area contributed by atoms with Crippen LogP contribution in [0.25, 0.3) is 11.3 Å². The first-order valence-electron chi connectivity index (χ1n) is 10.8. The monoisotopic (exact) mass is 423 g/mol. The highest BCUT2D eigenvalue weighted by Gasteiger charge is 2.18. The van der Waals surface area contributed by atoms with Gasteiger partial charge in [-0.15, -0.1) is 0 Å². The number of nitrogens with one attached hydrogen (secondary N) is 1. The van der Waals surface area contributed by atoms with Gasteiger partial charge in [0.05, 0.1) is 11.8 Å². The number of carbonyl (C=O) groups is 1. The molecule has 0 aliphatic rings. The predicted octanol–water partition coefficient (Wildman–Crippen LogP) is 4.48.